The van der Waals surface area contributed by atoms with Crippen molar-refractivity contribution in [1.82, 2.24) is 9.78 Å². The molecule has 0 aliphatic carbocycles. The number of rotatable bonds is 4. The van der Waals surface area contributed by atoms with Crippen LogP contribution in [0.3, 0.4) is 0 Å². The van der Waals surface area contributed by atoms with E-state index in [4.69, 9.17) is 5.10 Å². The number of hydrogen-bond acceptors (Lipinski definition) is 5. The molecule has 1 aromatic heterocycles. The largest absolute Gasteiger partial charge is 0.378 e. The maximum absolute atomic E-state index is 11.2. The van der Waals surface area contributed by atoms with Crippen molar-refractivity contribution >= 4 is 17.2 Å². The van der Waals surface area contributed by atoms with Crippen molar-refractivity contribution in [3.63, 3.8) is 0 Å². The zero-order valence-electron chi connectivity index (χ0n) is 15.6. The highest BCUT2D eigenvalue weighted by atomic mass is 16.6. The molecular weight excluding hydrogens is 342 g/mol. The molecule has 0 radical (unpaired) electrons. The highest BCUT2D eigenvalue weighted by Gasteiger charge is 2.25. The van der Waals surface area contributed by atoms with Gasteiger partial charge in [-0.2, -0.15) is 5.10 Å². The predicted octanol–water partition coefficient (Wildman–Crippen LogP) is 3.79. The van der Waals surface area contributed by atoms with Gasteiger partial charge in [-0.15, -0.1) is 0 Å². The van der Waals surface area contributed by atoms with E-state index in [9.17, 15) is 10.1 Å². The van der Waals surface area contributed by atoms with Gasteiger partial charge in [-0.25, -0.2) is 4.68 Å². The van der Waals surface area contributed by atoms with Crippen LogP contribution >= 0.6 is 0 Å². The van der Waals surface area contributed by atoms with Crippen molar-refractivity contribution in [3.05, 3.63) is 63.7 Å². The Morgan fingerprint density at radius 2 is 1.93 bits per heavy atom. The van der Waals surface area contributed by atoms with E-state index < -0.39 is 0 Å². The molecule has 0 fully saturated rings. The fourth-order valence-corrected chi connectivity index (χ4v) is 3.44. The molecule has 1 N–H and O–H groups in total. The summed E-state index contributed by atoms with van der Waals surface area (Å²) in [6.07, 6.45) is 0.883. The molecule has 2 aromatic carbocycles. The van der Waals surface area contributed by atoms with E-state index in [2.05, 4.69) is 34.5 Å². The molecule has 2 heterocycles. The molecule has 0 saturated carbocycles. The molecule has 7 nitrogen and oxygen atoms in total. The zero-order valence-corrected chi connectivity index (χ0v) is 15.6. The number of nitro groups is 1. The van der Waals surface area contributed by atoms with E-state index >= 15 is 0 Å². The lowest BCUT2D eigenvalue weighted by molar-refractivity contribution is -0.384. The third-order valence-electron chi connectivity index (χ3n) is 4.94. The van der Waals surface area contributed by atoms with Gasteiger partial charge in [0.15, 0.2) is 0 Å². The number of hydrogen-bond donors (Lipinski definition) is 1. The third-order valence-corrected chi connectivity index (χ3v) is 4.94. The summed E-state index contributed by atoms with van der Waals surface area (Å²) in [5, 5.41) is 19.4. The Bertz CT molecular complexity index is 1020. The van der Waals surface area contributed by atoms with Crippen molar-refractivity contribution in [2.24, 2.45) is 0 Å². The summed E-state index contributed by atoms with van der Waals surface area (Å²) in [6.45, 7) is 2.78. The third kappa shape index (κ3) is 2.91. The number of anilines is 2. The second-order valence-corrected chi connectivity index (χ2v) is 6.93. The molecule has 0 atom stereocenters. The van der Waals surface area contributed by atoms with Gasteiger partial charge in [0.1, 0.15) is 5.82 Å². The summed E-state index contributed by atoms with van der Waals surface area (Å²) >= 11 is 0. The quantitative estimate of drug-likeness (QED) is 0.564. The summed E-state index contributed by atoms with van der Waals surface area (Å²) < 4.78 is 1.81. The topological polar surface area (TPSA) is 76.2 Å². The van der Waals surface area contributed by atoms with Gasteiger partial charge in [0.05, 0.1) is 16.3 Å². The second-order valence-electron chi connectivity index (χ2n) is 6.93. The summed E-state index contributed by atoms with van der Waals surface area (Å²) in [7, 11) is 4.02. The molecule has 0 spiro atoms. The van der Waals surface area contributed by atoms with Crippen molar-refractivity contribution in [2.75, 3.05) is 30.9 Å². The minimum Gasteiger partial charge on any atom is -0.378 e. The normalized spacial score (nSPS) is 12.6. The van der Waals surface area contributed by atoms with E-state index in [1.165, 1.54) is 6.07 Å². The maximum Gasteiger partial charge on any atom is 0.271 e. The predicted molar refractivity (Wildman–Crippen MR) is 107 cm³/mol. The Morgan fingerprint density at radius 1 is 1.19 bits per heavy atom. The number of nitrogens with zero attached hydrogens (tertiary/aromatic N) is 4. The van der Waals surface area contributed by atoms with Crippen LogP contribution in [0.4, 0.5) is 17.2 Å². The van der Waals surface area contributed by atoms with Crippen molar-refractivity contribution in [1.29, 1.82) is 0 Å². The number of aryl methyl sites for hydroxylation is 1. The monoisotopic (exact) mass is 363 g/mol. The molecule has 0 saturated heterocycles. The van der Waals surface area contributed by atoms with Gasteiger partial charge in [-0.3, -0.25) is 10.1 Å². The number of non-ortho nitro benzene ring substituents is 1. The Kier molecular flexibility index (Phi) is 4.07. The molecule has 1 aliphatic heterocycles. The average molecular weight is 363 g/mol. The lowest BCUT2D eigenvalue weighted by atomic mass is 10.1. The molecule has 138 valence electrons. The lowest BCUT2D eigenvalue weighted by Gasteiger charge is -2.12. The summed E-state index contributed by atoms with van der Waals surface area (Å²) in [4.78, 5) is 12.9. The van der Waals surface area contributed by atoms with E-state index in [-0.39, 0.29) is 10.6 Å². The standard InChI is InChI=1S/C20H21N5O2/c1-13-4-7-16(25(26)27)12-18(13)24-20-17(10-11-21-20)19(22-24)14-5-8-15(9-6-14)23(2)3/h4-9,12,21H,10-11H2,1-3H3. The molecule has 0 amide bonds. The van der Waals surface area contributed by atoms with Crippen molar-refractivity contribution in [2.45, 2.75) is 13.3 Å². The molecule has 7 heteroatoms. The molecule has 0 bridgehead atoms. The van der Waals surface area contributed by atoms with Crippen LogP contribution in [0.15, 0.2) is 42.5 Å². The van der Waals surface area contributed by atoms with E-state index in [0.717, 1.165) is 52.5 Å². The van der Waals surface area contributed by atoms with Crippen LogP contribution in [0, 0.1) is 17.0 Å². The van der Waals surface area contributed by atoms with Crippen LogP contribution in [0.5, 0.6) is 0 Å². The first kappa shape index (κ1) is 17.1. The number of benzene rings is 2. The van der Waals surface area contributed by atoms with Gasteiger partial charge in [0, 0.05) is 49.6 Å². The number of aromatic nitrogens is 2. The second kappa shape index (κ2) is 6.42. The minimum atomic E-state index is -0.374. The minimum absolute atomic E-state index is 0.0646. The average Bonchev–Trinajstić information content (AvgIpc) is 3.25. The van der Waals surface area contributed by atoms with Crippen LogP contribution in [-0.2, 0) is 6.42 Å². The number of nitro benzene ring substituents is 1. The van der Waals surface area contributed by atoms with Crippen LogP contribution < -0.4 is 10.2 Å². The molecule has 3 aromatic rings. The van der Waals surface area contributed by atoms with Gasteiger partial charge < -0.3 is 10.2 Å². The fourth-order valence-electron chi connectivity index (χ4n) is 3.44. The van der Waals surface area contributed by atoms with Crippen LogP contribution in [0.25, 0.3) is 16.9 Å². The van der Waals surface area contributed by atoms with Crippen LogP contribution in [-0.4, -0.2) is 35.3 Å². The van der Waals surface area contributed by atoms with Gasteiger partial charge >= 0.3 is 0 Å². The fraction of sp³-hybridized carbons (Fsp3) is 0.250. The number of nitrogens with one attached hydrogen (secondary N) is 1. The van der Waals surface area contributed by atoms with Gasteiger partial charge in [0.2, 0.25) is 0 Å². The van der Waals surface area contributed by atoms with Gasteiger partial charge in [0.25, 0.3) is 5.69 Å². The molecule has 0 unspecified atom stereocenters. The van der Waals surface area contributed by atoms with Crippen molar-refractivity contribution < 1.29 is 4.92 Å². The SMILES string of the molecule is Cc1ccc([N+](=O)[O-])cc1-n1nc(-c2ccc(N(C)C)cc2)c2c1NCC2. The highest BCUT2D eigenvalue weighted by Crippen LogP contribution is 2.36. The molecule has 27 heavy (non-hydrogen) atoms. The Balaban J connectivity index is 1.84. The van der Waals surface area contributed by atoms with Crippen LogP contribution in [0.2, 0.25) is 0 Å². The smallest absolute Gasteiger partial charge is 0.271 e. The lowest BCUT2D eigenvalue weighted by Crippen LogP contribution is -2.08. The van der Waals surface area contributed by atoms with Gasteiger partial charge in [-0.05, 0) is 31.0 Å². The van der Waals surface area contributed by atoms with Crippen molar-refractivity contribution in [3.8, 4) is 16.9 Å². The van der Waals surface area contributed by atoms with Gasteiger partial charge in [-0.1, -0.05) is 18.2 Å². The summed E-state index contributed by atoms with van der Waals surface area (Å²) in [6, 6.07) is 13.2. The summed E-state index contributed by atoms with van der Waals surface area (Å²) in [5.41, 5.74) is 5.98. The van der Waals surface area contributed by atoms with Crippen LogP contribution in [0.1, 0.15) is 11.1 Å². The summed E-state index contributed by atoms with van der Waals surface area (Å²) in [5.74, 6) is 0.922. The Labute approximate surface area is 157 Å². The molecule has 1 aliphatic rings. The van der Waals surface area contributed by atoms with E-state index in [1.807, 2.05) is 21.0 Å². The molecule has 4 rings (SSSR count). The van der Waals surface area contributed by atoms with E-state index in [1.54, 1.807) is 16.8 Å². The number of fused-ring (bicyclic) bond motifs is 1. The van der Waals surface area contributed by atoms with E-state index in [0.29, 0.717) is 0 Å². The Hall–Kier alpha value is -3.35. The highest BCUT2D eigenvalue weighted by molar-refractivity contribution is 5.74. The maximum atomic E-state index is 11.2. The first-order valence-electron chi connectivity index (χ1n) is 8.84. The first-order chi connectivity index (χ1) is 13.0. The first-order valence-corrected chi connectivity index (χ1v) is 8.84. The zero-order chi connectivity index (χ0) is 19.1. The Morgan fingerprint density at radius 3 is 2.59 bits per heavy atom. The molecular formula is C20H21N5O2.